The Hall–Kier alpha value is -1.54. The molecule has 0 aliphatic rings. The van der Waals surface area contributed by atoms with Crippen molar-refractivity contribution in [1.82, 2.24) is 0 Å². The zero-order valence-corrected chi connectivity index (χ0v) is 10.4. The summed E-state index contributed by atoms with van der Waals surface area (Å²) in [4.78, 5) is 0. The molecule has 2 heteroatoms. The van der Waals surface area contributed by atoms with Crippen LogP contribution in [0.5, 0.6) is 0 Å². The van der Waals surface area contributed by atoms with Crippen molar-refractivity contribution in [3.63, 3.8) is 0 Å². The molecule has 17 heavy (non-hydrogen) atoms. The van der Waals surface area contributed by atoms with Gasteiger partial charge in [0.25, 0.3) is 0 Å². The molecular weight excluding hydrogens is 210 g/mol. The molecule has 0 amide bonds. The number of hydrogen-bond acceptors (Lipinski definition) is 2. The first-order valence-corrected chi connectivity index (χ1v) is 6.05. The Bertz CT molecular complexity index is 468. The van der Waals surface area contributed by atoms with E-state index in [4.69, 9.17) is 10.2 Å². The average Bonchev–Trinajstić information content (AvgIpc) is 2.77. The summed E-state index contributed by atoms with van der Waals surface area (Å²) in [6.07, 6.45) is 0.832. The Labute approximate surface area is 102 Å². The van der Waals surface area contributed by atoms with Crippen LogP contribution in [0.4, 0.5) is 0 Å². The van der Waals surface area contributed by atoms with Crippen LogP contribution in [0.1, 0.15) is 42.4 Å². The average molecular weight is 229 g/mol. The van der Waals surface area contributed by atoms with Crippen molar-refractivity contribution in [3.8, 4) is 0 Å². The molecule has 0 saturated heterocycles. The van der Waals surface area contributed by atoms with Crippen LogP contribution in [0.3, 0.4) is 0 Å². The van der Waals surface area contributed by atoms with E-state index in [1.807, 2.05) is 12.1 Å². The van der Waals surface area contributed by atoms with Crippen molar-refractivity contribution in [1.29, 1.82) is 0 Å². The quantitative estimate of drug-likeness (QED) is 0.872. The molecule has 2 nitrogen and oxygen atoms in total. The fourth-order valence-electron chi connectivity index (χ4n) is 1.85. The first-order chi connectivity index (χ1) is 8.19. The molecule has 0 aliphatic heterocycles. The molecule has 0 radical (unpaired) electrons. The SMILES string of the molecule is CC(C)c1ccc(Cc2ccc(CN)o2)cc1. The van der Waals surface area contributed by atoms with Crippen LogP contribution in [-0.4, -0.2) is 0 Å². The Morgan fingerprint density at radius 1 is 1.00 bits per heavy atom. The Morgan fingerprint density at radius 3 is 2.18 bits per heavy atom. The van der Waals surface area contributed by atoms with E-state index in [1.165, 1.54) is 11.1 Å². The van der Waals surface area contributed by atoms with Crippen LogP contribution in [0.2, 0.25) is 0 Å². The highest BCUT2D eigenvalue weighted by Crippen LogP contribution is 2.17. The third-order valence-corrected chi connectivity index (χ3v) is 2.94. The predicted molar refractivity (Wildman–Crippen MR) is 69.9 cm³/mol. The number of hydrogen-bond donors (Lipinski definition) is 1. The van der Waals surface area contributed by atoms with E-state index < -0.39 is 0 Å². The van der Waals surface area contributed by atoms with Gasteiger partial charge in [0.1, 0.15) is 11.5 Å². The summed E-state index contributed by atoms with van der Waals surface area (Å²) in [7, 11) is 0. The van der Waals surface area contributed by atoms with Crippen LogP contribution in [0.15, 0.2) is 40.8 Å². The highest BCUT2D eigenvalue weighted by atomic mass is 16.3. The van der Waals surface area contributed by atoms with Crippen molar-refractivity contribution in [2.24, 2.45) is 5.73 Å². The summed E-state index contributed by atoms with van der Waals surface area (Å²) in [6.45, 7) is 4.87. The molecule has 1 heterocycles. The molecule has 0 bridgehead atoms. The molecule has 0 fully saturated rings. The summed E-state index contributed by atoms with van der Waals surface area (Å²) < 4.78 is 5.59. The highest BCUT2D eigenvalue weighted by molar-refractivity contribution is 5.27. The van der Waals surface area contributed by atoms with Gasteiger partial charge in [-0.15, -0.1) is 0 Å². The summed E-state index contributed by atoms with van der Waals surface area (Å²) in [5.41, 5.74) is 8.16. The molecule has 1 aromatic heterocycles. The zero-order valence-electron chi connectivity index (χ0n) is 10.4. The van der Waals surface area contributed by atoms with Gasteiger partial charge in [0, 0.05) is 6.42 Å². The van der Waals surface area contributed by atoms with Gasteiger partial charge in [0.05, 0.1) is 6.54 Å². The third kappa shape index (κ3) is 2.98. The van der Waals surface area contributed by atoms with Crippen LogP contribution < -0.4 is 5.73 Å². The fraction of sp³-hybridized carbons (Fsp3) is 0.333. The second kappa shape index (κ2) is 5.19. The van der Waals surface area contributed by atoms with Crippen molar-refractivity contribution < 1.29 is 4.42 Å². The molecule has 2 rings (SSSR count). The van der Waals surface area contributed by atoms with Crippen LogP contribution in [-0.2, 0) is 13.0 Å². The molecule has 90 valence electrons. The van der Waals surface area contributed by atoms with Crippen LogP contribution in [0.25, 0.3) is 0 Å². The van der Waals surface area contributed by atoms with Gasteiger partial charge in [-0.3, -0.25) is 0 Å². The minimum atomic E-state index is 0.465. The van der Waals surface area contributed by atoms with Gasteiger partial charge in [-0.05, 0) is 29.2 Å². The Kier molecular flexibility index (Phi) is 3.64. The predicted octanol–water partition coefficient (Wildman–Crippen LogP) is 3.45. The second-order valence-corrected chi connectivity index (χ2v) is 4.65. The van der Waals surface area contributed by atoms with Crippen LogP contribution >= 0.6 is 0 Å². The summed E-state index contributed by atoms with van der Waals surface area (Å²) in [6, 6.07) is 12.6. The lowest BCUT2D eigenvalue weighted by atomic mass is 10.0. The first kappa shape index (κ1) is 11.9. The molecule has 0 saturated carbocycles. The number of benzene rings is 1. The lowest BCUT2D eigenvalue weighted by Crippen LogP contribution is -1.93. The van der Waals surface area contributed by atoms with Crippen LogP contribution in [0, 0.1) is 0 Å². The van der Waals surface area contributed by atoms with E-state index in [0.717, 1.165) is 17.9 Å². The lowest BCUT2D eigenvalue weighted by Gasteiger charge is -2.06. The molecule has 0 spiro atoms. The molecule has 0 atom stereocenters. The summed E-state index contributed by atoms with van der Waals surface area (Å²) >= 11 is 0. The minimum absolute atomic E-state index is 0.465. The van der Waals surface area contributed by atoms with E-state index in [9.17, 15) is 0 Å². The summed E-state index contributed by atoms with van der Waals surface area (Å²) in [5.74, 6) is 2.40. The lowest BCUT2D eigenvalue weighted by molar-refractivity contribution is 0.475. The van der Waals surface area contributed by atoms with Gasteiger partial charge in [-0.2, -0.15) is 0 Å². The Balaban J connectivity index is 2.08. The van der Waals surface area contributed by atoms with Crippen molar-refractivity contribution >= 4 is 0 Å². The normalized spacial score (nSPS) is 11.1. The Morgan fingerprint density at radius 2 is 1.65 bits per heavy atom. The minimum Gasteiger partial charge on any atom is -0.464 e. The first-order valence-electron chi connectivity index (χ1n) is 6.05. The van der Waals surface area contributed by atoms with Gasteiger partial charge in [0.2, 0.25) is 0 Å². The van der Waals surface area contributed by atoms with E-state index in [1.54, 1.807) is 0 Å². The topological polar surface area (TPSA) is 39.2 Å². The maximum absolute atomic E-state index is 5.59. The molecular formula is C15H19NO. The number of rotatable bonds is 4. The monoisotopic (exact) mass is 229 g/mol. The van der Waals surface area contributed by atoms with Gasteiger partial charge in [-0.1, -0.05) is 38.1 Å². The van der Waals surface area contributed by atoms with Crippen molar-refractivity contribution in [3.05, 3.63) is 59.0 Å². The van der Waals surface area contributed by atoms with Gasteiger partial charge in [0.15, 0.2) is 0 Å². The number of furan rings is 1. The molecule has 2 N–H and O–H groups in total. The molecule has 0 unspecified atom stereocenters. The van der Waals surface area contributed by atoms with Crippen molar-refractivity contribution in [2.75, 3.05) is 0 Å². The molecule has 0 aliphatic carbocycles. The van der Waals surface area contributed by atoms with E-state index in [0.29, 0.717) is 12.5 Å². The standard InChI is InChI=1S/C15H19NO/c1-11(2)13-5-3-12(4-6-13)9-14-7-8-15(10-16)17-14/h3-8,11H,9-10,16H2,1-2H3. The highest BCUT2D eigenvalue weighted by Gasteiger charge is 2.03. The van der Waals surface area contributed by atoms with Gasteiger partial charge in [-0.25, -0.2) is 0 Å². The second-order valence-electron chi connectivity index (χ2n) is 4.65. The smallest absolute Gasteiger partial charge is 0.117 e. The maximum atomic E-state index is 5.59. The van der Waals surface area contributed by atoms with E-state index in [2.05, 4.69) is 38.1 Å². The van der Waals surface area contributed by atoms with Gasteiger partial charge >= 0.3 is 0 Å². The van der Waals surface area contributed by atoms with Gasteiger partial charge < -0.3 is 10.2 Å². The maximum Gasteiger partial charge on any atom is 0.117 e. The number of nitrogens with two attached hydrogens (primary N) is 1. The zero-order chi connectivity index (χ0) is 12.3. The van der Waals surface area contributed by atoms with E-state index >= 15 is 0 Å². The summed E-state index contributed by atoms with van der Waals surface area (Å²) in [5, 5.41) is 0. The molecule has 1 aromatic carbocycles. The molecule has 2 aromatic rings. The third-order valence-electron chi connectivity index (χ3n) is 2.94. The fourth-order valence-corrected chi connectivity index (χ4v) is 1.85. The van der Waals surface area contributed by atoms with E-state index in [-0.39, 0.29) is 0 Å². The largest absolute Gasteiger partial charge is 0.464 e. The van der Waals surface area contributed by atoms with Crippen molar-refractivity contribution in [2.45, 2.75) is 32.7 Å².